The van der Waals surface area contributed by atoms with Gasteiger partial charge >= 0.3 is 0 Å². The maximum absolute atomic E-state index is 12.3. The van der Waals surface area contributed by atoms with Gasteiger partial charge in [0.2, 0.25) is 15.9 Å². The van der Waals surface area contributed by atoms with Crippen LogP contribution in [-0.2, 0) is 21.4 Å². The van der Waals surface area contributed by atoms with Crippen molar-refractivity contribution in [3.63, 3.8) is 0 Å². The third kappa shape index (κ3) is 4.46. The summed E-state index contributed by atoms with van der Waals surface area (Å²) in [4.78, 5) is 15.8. The van der Waals surface area contributed by atoms with E-state index in [1.54, 1.807) is 18.5 Å². The first kappa shape index (κ1) is 17.2. The van der Waals surface area contributed by atoms with Crippen LogP contribution in [0.1, 0.15) is 5.56 Å². The highest BCUT2D eigenvalue weighted by atomic mass is 32.2. The van der Waals surface area contributed by atoms with Crippen molar-refractivity contribution in [3.8, 4) is 11.5 Å². The summed E-state index contributed by atoms with van der Waals surface area (Å²) in [6.07, 6.45) is 3.26. The molecular formula is C16H17N3O5S. The van der Waals surface area contributed by atoms with Crippen LogP contribution in [0.15, 0.2) is 47.6 Å². The average molecular weight is 363 g/mol. The molecule has 25 heavy (non-hydrogen) atoms. The van der Waals surface area contributed by atoms with Crippen molar-refractivity contribution in [2.24, 2.45) is 0 Å². The molecule has 1 aliphatic heterocycles. The van der Waals surface area contributed by atoms with E-state index in [0.717, 1.165) is 5.56 Å². The van der Waals surface area contributed by atoms with E-state index in [1.165, 1.54) is 18.2 Å². The highest BCUT2D eigenvalue weighted by molar-refractivity contribution is 7.89. The number of ether oxygens (including phenoxy) is 2. The smallest absolute Gasteiger partial charge is 0.241 e. The molecule has 3 rings (SSSR count). The lowest BCUT2D eigenvalue weighted by atomic mass is 10.3. The number of sulfonamides is 1. The normalized spacial score (nSPS) is 13.3. The largest absolute Gasteiger partial charge is 0.486 e. The zero-order chi connectivity index (χ0) is 17.7. The monoisotopic (exact) mass is 363 g/mol. The second-order valence-electron chi connectivity index (χ2n) is 5.27. The Morgan fingerprint density at radius 3 is 2.72 bits per heavy atom. The first-order valence-corrected chi connectivity index (χ1v) is 9.08. The van der Waals surface area contributed by atoms with Crippen LogP contribution >= 0.6 is 0 Å². The number of rotatable bonds is 6. The van der Waals surface area contributed by atoms with E-state index in [1.807, 2.05) is 6.07 Å². The second-order valence-corrected chi connectivity index (χ2v) is 7.03. The van der Waals surface area contributed by atoms with Gasteiger partial charge in [-0.05, 0) is 23.8 Å². The Hall–Kier alpha value is -2.65. The molecule has 2 aromatic rings. The SMILES string of the molecule is O=C(CNS(=O)(=O)c1ccc2c(c1)OCCO2)NCc1cccnc1. The van der Waals surface area contributed by atoms with Gasteiger partial charge in [0.1, 0.15) is 13.2 Å². The number of hydrogen-bond donors (Lipinski definition) is 2. The zero-order valence-corrected chi connectivity index (χ0v) is 14.1. The average Bonchev–Trinajstić information content (AvgIpc) is 2.65. The van der Waals surface area contributed by atoms with E-state index in [2.05, 4.69) is 15.0 Å². The molecule has 1 aromatic carbocycles. The van der Waals surface area contributed by atoms with Gasteiger partial charge < -0.3 is 14.8 Å². The molecule has 1 amide bonds. The maximum atomic E-state index is 12.3. The van der Waals surface area contributed by atoms with Crippen molar-refractivity contribution in [3.05, 3.63) is 48.3 Å². The van der Waals surface area contributed by atoms with Crippen LogP contribution in [0.25, 0.3) is 0 Å². The number of fused-ring (bicyclic) bond motifs is 1. The molecule has 0 bridgehead atoms. The van der Waals surface area contributed by atoms with Crippen molar-refractivity contribution in [2.75, 3.05) is 19.8 Å². The van der Waals surface area contributed by atoms with Crippen molar-refractivity contribution in [2.45, 2.75) is 11.4 Å². The molecule has 2 heterocycles. The lowest BCUT2D eigenvalue weighted by Gasteiger charge is -2.18. The van der Waals surface area contributed by atoms with E-state index in [9.17, 15) is 13.2 Å². The summed E-state index contributed by atoms with van der Waals surface area (Å²) in [7, 11) is -3.83. The van der Waals surface area contributed by atoms with Crippen LogP contribution in [0.3, 0.4) is 0 Å². The van der Waals surface area contributed by atoms with Gasteiger partial charge in [0.25, 0.3) is 0 Å². The Kier molecular flexibility index (Phi) is 5.15. The molecule has 0 unspecified atom stereocenters. The first-order valence-electron chi connectivity index (χ1n) is 7.59. The van der Waals surface area contributed by atoms with Crippen molar-refractivity contribution >= 4 is 15.9 Å². The van der Waals surface area contributed by atoms with E-state index in [0.29, 0.717) is 24.7 Å². The Balaban J connectivity index is 1.57. The van der Waals surface area contributed by atoms with Gasteiger partial charge in [0, 0.05) is 25.0 Å². The number of carbonyl (C=O) groups excluding carboxylic acids is 1. The van der Waals surface area contributed by atoms with Gasteiger partial charge in [-0.1, -0.05) is 6.07 Å². The van der Waals surface area contributed by atoms with Gasteiger partial charge in [-0.2, -0.15) is 0 Å². The lowest BCUT2D eigenvalue weighted by molar-refractivity contribution is -0.120. The Morgan fingerprint density at radius 2 is 1.96 bits per heavy atom. The van der Waals surface area contributed by atoms with Gasteiger partial charge in [-0.3, -0.25) is 9.78 Å². The van der Waals surface area contributed by atoms with E-state index in [-0.39, 0.29) is 18.0 Å². The highest BCUT2D eigenvalue weighted by Crippen LogP contribution is 2.32. The summed E-state index contributed by atoms with van der Waals surface area (Å²) < 4.78 is 37.6. The molecule has 9 heteroatoms. The van der Waals surface area contributed by atoms with Crippen molar-refractivity contribution < 1.29 is 22.7 Å². The lowest BCUT2D eigenvalue weighted by Crippen LogP contribution is -2.36. The Labute approximate surface area is 145 Å². The first-order chi connectivity index (χ1) is 12.0. The van der Waals surface area contributed by atoms with Crippen LogP contribution in [0, 0.1) is 0 Å². The van der Waals surface area contributed by atoms with Crippen LogP contribution in [-0.4, -0.2) is 39.1 Å². The minimum atomic E-state index is -3.83. The molecule has 2 N–H and O–H groups in total. The van der Waals surface area contributed by atoms with Gasteiger partial charge in [0.05, 0.1) is 11.4 Å². The molecule has 8 nitrogen and oxygen atoms in total. The second kappa shape index (κ2) is 7.49. The molecule has 0 radical (unpaired) electrons. The van der Waals surface area contributed by atoms with Gasteiger partial charge in [-0.15, -0.1) is 0 Å². The third-order valence-corrected chi connectivity index (χ3v) is 4.86. The standard InChI is InChI=1S/C16H17N3O5S/c20-16(18-10-12-2-1-5-17-9-12)11-19-25(21,22)13-3-4-14-15(8-13)24-7-6-23-14/h1-5,8-9,19H,6-7,10-11H2,(H,18,20). The maximum Gasteiger partial charge on any atom is 0.241 e. The zero-order valence-electron chi connectivity index (χ0n) is 13.3. The predicted octanol–water partition coefficient (Wildman–Crippen LogP) is 0.447. The molecule has 0 aliphatic carbocycles. The molecule has 0 saturated heterocycles. The molecule has 1 aliphatic rings. The van der Waals surface area contributed by atoms with Gasteiger partial charge in [0.15, 0.2) is 11.5 Å². The predicted molar refractivity (Wildman–Crippen MR) is 88.7 cm³/mol. The van der Waals surface area contributed by atoms with Crippen LogP contribution < -0.4 is 19.5 Å². The van der Waals surface area contributed by atoms with E-state index < -0.39 is 15.9 Å². The number of carbonyl (C=O) groups is 1. The molecule has 1 aromatic heterocycles. The highest BCUT2D eigenvalue weighted by Gasteiger charge is 2.20. The summed E-state index contributed by atoms with van der Waals surface area (Å²) >= 11 is 0. The topological polar surface area (TPSA) is 107 Å². The Morgan fingerprint density at radius 1 is 1.16 bits per heavy atom. The summed E-state index contributed by atoms with van der Waals surface area (Å²) in [5.74, 6) is 0.430. The molecule has 0 spiro atoms. The number of pyridine rings is 1. The number of nitrogens with one attached hydrogen (secondary N) is 2. The molecule has 0 fully saturated rings. The molecule has 0 saturated carbocycles. The fraction of sp³-hybridized carbons (Fsp3) is 0.250. The van der Waals surface area contributed by atoms with Gasteiger partial charge in [-0.25, -0.2) is 13.1 Å². The van der Waals surface area contributed by atoms with Crippen molar-refractivity contribution in [1.29, 1.82) is 0 Å². The summed E-state index contributed by atoms with van der Waals surface area (Å²) in [5.41, 5.74) is 0.825. The minimum Gasteiger partial charge on any atom is -0.486 e. The van der Waals surface area contributed by atoms with Crippen LogP contribution in [0.2, 0.25) is 0 Å². The number of hydrogen-bond acceptors (Lipinski definition) is 6. The van der Waals surface area contributed by atoms with E-state index in [4.69, 9.17) is 9.47 Å². The summed E-state index contributed by atoms with van der Waals surface area (Å²) in [6, 6.07) is 7.89. The van der Waals surface area contributed by atoms with Crippen LogP contribution in [0.5, 0.6) is 11.5 Å². The fourth-order valence-electron chi connectivity index (χ4n) is 2.20. The molecule has 0 atom stereocenters. The fourth-order valence-corrected chi connectivity index (χ4v) is 3.20. The minimum absolute atomic E-state index is 0.0109. The number of amides is 1. The quantitative estimate of drug-likeness (QED) is 0.772. The van der Waals surface area contributed by atoms with E-state index >= 15 is 0 Å². The molecular weight excluding hydrogens is 346 g/mol. The number of aromatic nitrogens is 1. The van der Waals surface area contributed by atoms with Crippen LogP contribution in [0.4, 0.5) is 0 Å². The number of benzene rings is 1. The number of nitrogens with zero attached hydrogens (tertiary/aromatic N) is 1. The third-order valence-electron chi connectivity index (χ3n) is 3.46. The van der Waals surface area contributed by atoms with Crippen molar-refractivity contribution in [1.82, 2.24) is 15.0 Å². The Bertz CT molecular complexity index is 855. The molecule has 132 valence electrons. The summed E-state index contributed by atoms with van der Waals surface area (Å²) in [6.45, 7) is 0.699. The summed E-state index contributed by atoms with van der Waals surface area (Å²) in [5, 5.41) is 2.62.